The minimum Gasteiger partial charge on any atom is -0.490 e. The highest BCUT2D eigenvalue weighted by Gasteiger charge is 2.33. The largest absolute Gasteiger partial charge is 0.490 e. The molecule has 1 aliphatic heterocycles. The minimum absolute atomic E-state index is 0.0489. The number of halogens is 1. The van der Waals surface area contributed by atoms with Crippen LogP contribution in [0.1, 0.15) is 19.4 Å². The first-order chi connectivity index (χ1) is 14.3. The maximum absolute atomic E-state index is 13.0. The number of thioether (sulfide) groups is 1. The highest BCUT2D eigenvalue weighted by Crippen LogP contribution is 2.39. The van der Waals surface area contributed by atoms with E-state index in [4.69, 9.17) is 21.7 Å². The van der Waals surface area contributed by atoms with E-state index in [-0.39, 0.29) is 11.6 Å². The summed E-state index contributed by atoms with van der Waals surface area (Å²) >= 11 is 8.73. The lowest BCUT2D eigenvalue weighted by Gasteiger charge is -2.14. The van der Waals surface area contributed by atoms with Crippen LogP contribution < -0.4 is 14.4 Å². The number of anilines is 1. The fraction of sp³-hybridized carbons (Fsp3) is 0.200. The van der Waals surface area contributed by atoms with Gasteiger partial charge in [0.1, 0.15) is 0 Å². The van der Waals surface area contributed by atoms with Crippen molar-refractivity contribution in [1.29, 1.82) is 0 Å². The monoisotopic (exact) mass is 556 g/mol. The van der Waals surface area contributed by atoms with E-state index < -0.39 is 4.92 Å². The number of thiocarbonyl (C=S) groups is 1. The average molecular weight is 556 g/mol. The molecule has 1 heterocycles. The van der Waals surface area contributed by atoms with Crippen LogP contribution in [0.3, 0.4) is 0 Å². The predicted molar refractivity (Wildman–Crippen MR) is 130 cm³/mol. The predicted octanol–water partition coefficient (Wildman–Crippen LogP) is 5.40. The molecule has 1 fully saturated rings. The number of hydrogen-bond acceptors (Lipinski definition) is 7. The topological polar surface area (TPSA) is 81.9 Å². The molecular formula is C20H17IN2O5S2. The van der Waals surface area contributed by atoms with E-state index in [0.29, 0.717) is 39.6 Å². The summed E-state index contributed by atoms with van der Waals surface area (Å²) in [5.74, 6) is 1.01. The Kier molecular flexibility index (Phi) is 7.32. The van der Waals surface area contributed by atoms with Crippen molar-refractivity contribution in [2.24, 2.45) is 0 Å². The standard InChI is InChI=1S/C20H17IN2O5S2/c1-3-27-16-10-12(9-15(21)18(16)28-4-2)11-17-19(24)22(20(29)30-17)13-5-7-14(8-6-13)23(25)26/h5-11H,3-4H2,1-2H3/b17-11-. The van der Waals surface area contributed by atoms with Gasteiger partial charge in [0.05, 0.1) is 32.3 Å². The third-order valence-corrected chi connectivity index (χ3v) is 6.13. The van der Waals surface area contributed by atoms with Gasteiger partial charge >= 0.3 is 0 Å². The first-order valence-corrected chi connectivity index (χ1v) is 11.3. The Labute approximate surface area is 196 Å². The highest BCUT2D eigenvalue weighted by atomic mass is 127. The van der Waals surface area contributed by atoms with Crippen LogP contribution in [0.2, 0.25) is 0 Å². The molecular weight excluding hydrogens is 539 g/mol. The van der Waals surface area contributed by atoms with Crippen LogP contribution in [0.4, 0.5) is 11.4 Å². The number of carbonyl (C=O) groups excluding carboxylic acids is 1. The van der Waals surface area contributed by atoms with Crippen molar-refractivity contribution in [3.8, 4) is 11.5 Å². The summed E-state index contributed by atoms with van der Waals surface area (Å²) < 4.78 is 12.6. The van der Waals surface area contributed by atoms with E-state index in [9.17, 15) is 14.9 Å². The Hall–Kier alpha value is -2.18. The highest BCUT2D eigenvalue weighted by molar-refractivity contribution is 14.1. The van der Waals surface area contributed by atoms with Crippen molar-refractivity contribution in [2.45, 2.75) is 13.8 Å². The van der Waals surface area contributed by atoms with Crippen LogP contribution in [-0.4, -0.2) is 28.4 Å². The zero-order chi connectivity index (χ0) is 21.8. The van der Waals surface area contributed by atoms with Gasteiger partial charge in [-0.05, 0) is 72.3 Å². The summed E-state index contributed by atoms with van der Waals surface area (Å²) in [6, 6.07) is 9.46. The SMILES string of the molecule is CCOc1cc(/C=C2\SC(=S)N(c3ccc([N+](=O)[O-])cc3)C2=O)cc(I)c1OCC. The number of rotatable bonds is 7. The molecule has 0 unspecified atom stereocenters. The summed E-state index contributed by atoms with van der Waals surface area (Å²) in [6.07, 6.45) is 1.76. The number of hydrogen-bond donors (Lipinski definition) is 0. The molecule has 0 radical (unpaired) electrons. The van der Waals surface area contributed by atoms with Gasteiger partial charge in [-0.2, -0.15) is 0 Å². The molecule has 10 heteroatoms. The molecule has 0 aliphatic carbocycles. The Bertz CT molecular complexity index is 1040. The van der Waals surface area contributed by atoms with E-state index in [1.54, 1.807) is 6.08 Å². The number of ether oxygens (including phenoxy) is 2. The summed E-state index contributed by atoms with van der Waals surface area (Å²) in [7, 11) is 0. The van der Waals surface area contributed by atoms with E-state index >= 15 is 0 Å². The number of amides is 1. The third-order valence-electron chi connectivity index (χ3n) is 4.03. The lowest BCUT2D eigenvalue weighted by atomic mass is 10.1. The Balaban J connectivity index is 1.92. The molecule has 1 amide bonds. The van der Waals surface area contributed by atoms with Gasteiger partial charge in [0.15, 0.2) is 15.8 Å². The van der Waals surface area contributed by atoms with E-state index in [1.807, 2.05) is 26.0 Å². The molecule has 2 aromatic carbocycles. The molecule has 0 spiro atoms. The molecule has 156 valence electrons. The molecule has 0 atom stereocenters. The van der Waals surface area contributed by atoms with Gasteiger partial charge in [0, 0.05) is 12.1 Å². The van der Waals surface area contributed by atoms with E-state index in [1.165, 1.54) is 40.9 Å². The van der Waals surface area contributed by atoms with Crippen molar-refractivity contribution in [1.82, 2.24) is 0 Å². The molecule has 0 bridgehead atoms. The molecule has 30 heavy (non-hydrogen) atoms. The lowest BCUT2D eigenvalue weighted by molar-refractivity contribution is -0.384. The van der Waals surface area contributed by atoms with Gasteiger partial charge in [0.25, 0.3) is 11.6 Å². The second-order valence-corrected chi connectivity index (χ2v) is 8.82. The summed E-state index contributed by atoms with van der Waals surface area (Å²) in [4.78, 5) is 25.2. The van der Waals surface area contributed by atoms with Crippen LogP contribution in [0, 0.1) is 13.7 Å². The molecule has 0 saturated carbocycles. The number of nitro benzene ring substituents is 1. The number of benzene rings is 2. The molecule has 7 nitrogen and oxygen atoms in total. The maximum Gasteiger partial charge on any atom is 0.270 e. The van der Waals surface area contributed by atoms with Crippen LogP contribution in [0.5, 0.6) is 11.5 Å². The number of non-ortho nitro benzene ring substituents is 1. The van der Waals surface area contributed by atoms with Crippen LogP contribution in [0.15, 0.2) is 41.3 Å². The maximum atomic E-state index is 13.0. The summed E-state index contributed by atoms with van der Waals surface area (Å²) in [5, 5.41) is 10.9. The molecule has 3 rings (SSSR count). The number of nitro groups is 1. The minimum atomic E-state index is -0.489. The summed E-state index contributed by atoms with van der Waals surface area (Å²) in [6.45, 7) is 4.80. The average Bonchev–Trinajstić information content (AvgIpc) is 2.98. The van der Waals surface area contributed by atoms with Crippen LogP contribution in [-0.2, 0) is 4.79 Å². The van der Waals surface area contributed by atoms with Gasteiger partial charge in [-0.25, -0.2) is 0 Å². The van der Waals surface area contributed by atoms with E-state index in [0.717, 1.165) is 9.13 Å². The van der Waals surface area contributed by atoms with Crippen molar-refractivity contribution in [3.63, 3.8) is 0 Å². The second kappa shape index (κ2) is 9.75. The molecule has 2 aromatic rings. The molecule has 0 aromatic heterocycles. The number of carbonyl (C=O) groups is 1. The fourth-order valence-electron chi connectivity index (χ4n) is 2.78. The second-order valence-electron chi connectivity index (χ2n) is 5.99. The van der Waals surface area contributed by atoms with Gasteiger partial charge in [0.2, 0.25) is 0 Å². The molecule has 0 N–H and O–H groups in total. The van der Waals surface area contributed by atoms with Crippen molar-refractivity contribution >= 4 is 74.2 Å². The van der Waals surface area contributed by atoms with Gasteiger partial charge in [-0.15, -0.1) is 0 Å². The fourth-order valence-corrected chi connectivity index (χ4v) is 4.86. The van der Waals surface area contributed by atoms with Gasteiger partial charge in [-0.1, -0.05) is 24.0 Å². The van der Waals surface area contributed by atoms with Crippen LogP contribution in [0.25, 0.3) is 6.08 Å². The Morgan fingerprint density at radius 2 is 1.87 bits per heavy atom. The van der Waals surface area contributed by atoms with Crippen molar-refractivity contribution in [3.05, 3.63) is 60.6 Å². The normalized spacial score (nSPS) is 15.0. The van der Waals surface area contributed by atoms with Crippen molar-refractivity contribution in [2.75, 3.05) is 18.1 Å². The molecule has 1 aliphatic rings. The zero-order valence-corrected chi connectivity index (χ0v) is 19.9. The van der Waals surface area contributed by atoms with E-state index in [2.05, 4.69) is 22.6 Å². The number of nitrogens with zero attached hydrogens (tertiary/aromatic N) is 2. The third kappa shape index (κ3) is 4.76. The Morgan fingerprint density at radius 1 is 1.20 bits per heavy atom. The van der Waals surface area contributed by atoms with Crippen molar-refractivity contribution < 1.29 is 19.2 Å². The zero-order valence-electron chi connectivity index (χ0n) is 16.1. The lowest BCUT2D eigenvalue weighted by Crippen LogP contribution is -2.27. The van der Waals surface area contributed by atoms with Gasteiger partial charge < -0.3 is 9.47 Å². The smallest absolute Gasteiger partial charge is 0.270 e. The van der Waals surface area contributed by atoms with Crippen LogP contribution >= 0.6 is 46.6 Å². The first kappa shape index (κ1) is 22.5. The Morgan fingerprint density at radius 3 is 2.47 bits per heavy atom. The first-order valence-electron chi connectivity index (χ1n) is 8.97. The summed E-state index contributed by atoms with van der Waals surface area (Å²) in [5.41, 5.74) is 1.23. The van der Waals surface area contributed by atoms with Gasteiger partial charge in [-0.3, -0.25) is 19.8 Å². The quantitative estimate of drug-likeness (QED) is 0.149. The molecule has 1 saturated heterocycles.